The number of fused-ring (bicyclic) bond motifs is 1. The van der Waals surface area contributed by atoms with Gasteiger partial charge in [-0.3, -0.25) is 9.59 Å². The zero-order chi connectivity index (χ0) is 13.4. The lowest BCUT2D eigenvalue weighted by molar-refractivity contribution is 0.0946. The van der Waals surface area contributed by atoms with Gasteiger partial charge in [0.1, 0.15) is 5.76 Å². The van der Waals surface area contributed by atoms with Crippen molar-refractivity contribution in [1.82, 2.24) is 5.32 Å². The molecule has 0 unspecified atom stereocenters. The molecule has 1 aliphatic rings. The fourth-order valence-corrected chi connectivity index (χ4v) is 2.25. The third-order valence-electron chi connectivity index (χ3n) is 3.26. The van der Waals surface area contributed by atoms with Crippen molar-refractivity contribution in [2.75, 3.05) is 6.54 Å². The molecule has 4 heteroatoms. The minimum absolute atomic E-state index is 0.119. The van der Waals surface area contributed by atoms with Gasteiger partial charge < -0.3 is 9.73 Å². The molecular formula is C15H13NO3. The van der Waals surface area contributed by atoms with Crippen LogP contribution in [0.15, 0.2) is 34.7 Å². The van der Waals surface area contributed by atoms with Gasteiger partial charge in [-0.2, -0.15) is 0 Å². The second-order valence-corrected chi connectivity index (χ2v) is 4.62. The van der Waals surface area contributed by atoms with Crippen molar-refractivity contribution < 1.29 is 14.0 Å². The van der Waals surface area contributed by atoms with Crippen LogP contribution in [0.2, 0.25) is 0 Å². The maximum absolute atomic E-state index is 12.2. The van der Waals surface area contributed by atoms with Gasteiger partial charge in [-0.1, -0.05) is 12.1 Å². The predicted octanol–water partition coefficient (Wildman–Crippen LogP) is 2.10. The number of hydrogen-bond acceptors (Lipinski definition) is 3. The van der Waals surface area contributed by atoms with Gasteiger partial charge in [0.2, 0.25) is 5.78 Å². The molecule has 2 heterocycles. The van der Waals surface area contributed by atoms with Crippen LogP contribution in [0.5, 0.6) is 0 Å². The van der Waals surface area contributed by atoms with Crippen molar-refractivity contribution in [3.05, 3.63) is 58.5 Å². The summed E-state index contributed by atoms with van der Waals surface area (Å²) in [6.07, 6.45) is 0.801. The number of carbonyl (C=O) groups excluding carboxylic acids is 2. The fraction of sp³-hybridized carbons (Fsp3) is 0.200. The van der Waals surface area contributed by atoms with Gasteiger partial charge in [-0.15, -0.1) is 0 Å². The molecule has 0 spiro atoms. The van der Waals surface area contributed by atoms with Crippen molar-refractivity contribution in [3.8, 4) is 0 Å². The summed E-state index contributed by atoms with van der Waals surface area (Å²) in [5, 5.41) is 2.77. The topological polar surface area (TPSA) is 59.3 Å². The molecule has 19 heavy (non-hydrogen) atoms. The van der Waals surface area contributed by atoms with Gasteiger partial charge in [0.05, 0.1) is 0 Å². The molecule has 0 radical (unpaired) electrons. The number of furan rings is 1. The largest absolute Gasteiger partial charge is 0.458 e. The molecule has 0 saturated heterocycles. The highest BCUT2D eigenvalue weighted by Crippen LogP contribution is 2.19. The Kier molecular flexibility index (Phi) is 2.71. The van der Waals surface area contributed by atoms with E-state index in [1.807, 2.05) is 6.07 Å². The first-order chi connectivity index (χ1) is 9.15. The summed E-state index contributed by atoms with van der Waals surface area (Å²) in [6.45, 7) is 2.44. The maximum Gasteiger partial charge on any atom is 0.251 e. The van der Waals surface area contributed by atoms with E-state index < -0.39 is 0 Å². The van der Waals surface area contributed by atoms with Crippen LogP contribution in [0, 0.1) is 6.92 Å². The van der Waals surface area contributed by atoms with Crippen molar-refractivity contribution in [3.63, 3.8) is 0 Å². The van der Waals surface area contributed by atoms with Crippen molar-refractivity contribution in [2.24, 2.45) is 0 Å². The molecule has 1 aromatic carbocycles. The van der Waals surface area contributed by atoms with Crippen LogP contribution in [-0.2, 0) is 6.42 Å². The first kappa shape index (κ1) is 11.7. The highest BCUT2D eigenvalue weighted by atomic mass is 16.3. The molecule has 0 bridgehead atoms. The van der Waals surface area contributed by atoms with Gasteiger partial charge in [-0.05, 0) is 37.1 Å². The standard InChI is InChI=1S/C15H13NO3/c1-9-2-5-13(19-9)14(17)11-4-3-10-6-7-16-15(18)12(10)8-11/h2-5,8H,6-7H2,1H3,(H,16,18). The summed E-state index contributed by atoms with van der Waals surface area (Å²) in [5.74, 6) is 0.675. The van der Waals surface area contributed by atoms with Crippen LogP contribution in [0.1, 0.15) is 37.8 Å². The molecule has 0 saturated carbocycles. The molecule has 0 aliphatic carbocycles. The minimum atomic E-state index is -0.200. The normalized spacial score (nSPS) is 13.8. The molecule has 0 atom stereocenters. The first-order valence-corrected chi connectivity index (χ1v) is 6.17. The smallest absolute Gasteiger partial charge is 0.251 e. The van der Waals surface area contributed by atoms with Gasteiger partial charge >= 0.3 is 0 Å². The number of rotatable bonds is 2. The monoisotopic (exact) mass is 255 g/mol. The molecule has 1 aromatic heterocycles. The van der Waals surface area contributed by atoms with Crippen LogP contribution in [0.4, 0.5) is 0 Å². The second-order valence-electron chi connectivity index (χ2n) is 4.62. The lowest BCUT2D eigenvalue weighted by atomic mass is 9.96. The minimum Gasteiger partial charge on any atom is -0.458 e. The highest BCUT2D eigenvalue weighted by molar-refractivity contribution is 6.09. The summed E-state index contributed by atoms with van der Waals surface area (Å²) in [5.41, 5.74) is 2.04. The summed E-state index contributed by atoms with van der Waals surface area (Å²) < 4.78 is 5.32. The zero-order valence-electron chi connectivity index (χ0n) is 10.5. The summed E-state index contributed by atoms with van der Waals surface area (Å²) in [6, 6.07) is 8.63. The van der Waals surface area contributed by atoms with E-state index in [0.717, 1.165) is 12.0 Å². The molecule has 1 N–H and O–H groups in total. The van der Waals surface area contributed by atoms with E-state index in [1.165, 1.54) is 0 Å². The van der Waals surface area contributed by atoms with E-state index in [2.05, 4.69) is 5.32 Å². The third-order valence-corrected chi connectivity index (χ3v) is 3.26. The van der Waals surface area contributed by atoms with Crippen molar-refractivity contribution >= 4 is 11.7 Å². The number of benzene rings is 1. The SMILES string of the molecule is Cc1ccc(C(=O)c2ccc3c(c2)C(=O)NCC3)o1. The molecule has 3 rings (SSSR count). The van der Waals surface area contributed by atoms with Crippen molar-refractivity contribution in [2.45, 2.75) is 13.3 Å². The van der Waals surface area contributed by atoms with Gasteiger partial charge in [-0.25, -0.2) is 0 Å². The number of carbonyl (C=O) groups is 2. The highest BCUT2D eigenvalue weighted by Gasteiger charge is 2.20. The van der Waals surface area contributed by atoms with E-state index in [1.54, 1.807) is 31.2 Å². The van der Waals surface area contributed by atoms with Crippen LogP contribution in [0.3, 0.4) is 0 Å². The Bertz CT molecular complexity index is 670. The van der Waals surface area contributed by atoms with Crippen LogP contribution < -0.4 is 5.32 Å². The van der Waals surface area contributed by atoms with Crippen LogP contribution >= 0.6 is 0 Å². The molecule has 96 valence electrons. The van der Waals surface area contributed by atoms with Crippen LogP contribution in [0.25, 0.3) is 0 Å². The van der Waals surface area contributed by atoms with E-state index >= 15 is 0 Å². The second kappa shape index (κ2) is 4.39. The molecule has 2 aromatic rings. The van der Waals surface area contributed by atoms with E-state index in [0.29, 0.717) is 29.2 Å². The Balaban J connectivity index is 2.00. The lowest BCUT2D eigenvalue weighted by Gasteiger charge is -2.16. The van der Waals surface area contributed by atoms with Crippen molar-refractivity contribution in [1.29, 1.82) is 0 Å². The Morgan fingerprint density at radius 2 is 2.11 bits per heavy atom. The molecule has 0 fully saturated rings. The predicted molar refractivity (Wildman–Crippen MR) is 69.4 cm³/mol. The molecule has 1 aliphatic heterocycles. The Morgan fingerprint density at radius 1 is 1.26 bits per heavy atom. The van der Waals surface area contributed by atoms with E-state index in [9.17, 15) is 9.59 Å². The number of hydrogen-bond donors (Lipinski definition) is 1. The Morgan fingerprint density at radius 3 is 2.84 bits per heavy atom. The van der Waals surface area contributed by atoms with Gasteiger partial charge in [0.25, 0.3) is 5.91 Å². The molecular weight excluding hydrogens is 242 g/mol. The summed E-state index contributed by atoms with van der Waals surface area (Å²) >= 11 is 0. The average molecular weight is 255 g/mol. The van der Waals surface area contributed by atoms with E-state index in [-0.39, 0.29) is 11.7 Å². The molecule has 1 amide bonds. The number of nitrogens with one attached hydrogen (secondary N) is 1. The number of aryl methyl sites for hydroxylation is 1. The average Bonchev–Trinajstić information content (AvgIpc) is 2.85. The fourth-order valence-electron chi connectivity index (χ4n) is 2.25. The summed E-state index contributed by atoms with van der Waals surface area (Å²) in [4.78, 5) is 24.0. The van der Waals surface area contributed by atoms with Gasteiger partial charge in [0, 0.05) is 17.7 Å². The first-order valence-electron chi connectivity index (χ1n) is 6.17. The maximum atomic E-state index is 12.2. The number of amides is 1. The summed E-state index contributed by atoms with van der Waals surface area (Å²) in [7, 11) is 0. The number of ketones is 1. The lowest BCUT2D eigenvalue weighted by Crippen LogP contribution is -2.32. The van der Waals surface area contributed by atoms with E-state index in [4.69, 9.17) is 4.42 Å². The Hall–Kier alpha value is -2.36. The van der Waals surface area contributed by atoms with Gasteiger partial charge in [0.15, 0.2) is 5.76 Å². The quantitative estimate of drug-likeness (QED) is 0.836. The zero-order valence-corrected chi connectivity index (χ0v) is 10.5. The van der Waals surface area contributed by atoms with Crippen LogP contribution in [-0.4, -0.2) is 18.2 Å². The third kappa shape index (κ3) is 2.05. The Labute approximate surface area is 110 Å². The molecule has 4 nitrogen and oxygen atoms in total.